The van der Waals surface area contributed by atoms with Crippen LogP contribution in [-0.4, -0.2) is 52.9 Å². The number of β-amino-alcohol motifs (C(OH)–C–C–N with tert-alkyl or cyclic N) is 1. The largest absolute Gasteiger partial charge is 0.394 e. The van der Waals surface area contributed by atoms with Crippen molar-refractivity contribution < 1.29 is 9.90 Å². The highest BCUT2D eigenvalue weighted by molar-refractivity contribution is 6.04. The maximum Gasteiger partial charge on any atom is 0.243 e. The summed E-state index contributed by atoms with van der Waals surface area (Å²) in [7, 11) is 0. The molecule has 1 amide bonds. The van der Waals surface area contributed by atoms with Crippen LogP contribution in [0.4, 0.5) is 0 Å². The SMILES string of the molecule is O=C1CCC(c2ccc3c(c2)CCN(C2=CC=C2)CC3)=NN1CCO. The number of rotatable bonds is 4. The lowest BCUT2D eigenvalue weighted by Crippen LogP contribution is -2.34. The molecule has 5 heteroatoms. The number of aliphatic hydroxyl groups excluding tert-OH is 1. The van der Waals surface area contributed by atoms with Gasteiger partial charge in [0, 0.05) is 31.6 Å². The second kappa shape index (κ2) is 6.84. The molecule has 4 rings (SSSR count). The summed E-state index contributed by atoms with van der Waals surface area (Å²) in [5.41, 5.74) is 6.18. The minimum Gasteiger partial charge on any atom is -0.394 e. The molecule has 1 aromatic carbocycles. The van der Waals surface area contributed by atoms with Crippen molar-refractivity contribution in [3.63, 3.8) is 0 Å². The first kappa shape index (κ1) is 16.1. The molecule has 1 aliphatic carbocycles. The molecule has 1 N–H and O–H groups in total. The summed E-state index contributed by atoms with van der Waals surface area (Å²) in [6.45, 7) is 2.30. The van der Waals surface area contributed by atoms with E-state index >= 15 is 0 Å². The minimum atomic E-state index is -0.0627. The van der Waals surface area contributed by atoms with E-state index in [4.69, 9.17) is 5.11 Å². The summed E-state index contributed by atoms with van der Waals surface area (Å²) in [6, 6.07) is 6.59. The Balaban J connectivity index is 1.54. The predicted molar refractivity (Wildman–Crippen MR) is 97.2 cm³/mol. The molecular weight excluding hydrogens is 314 g/mol. The zero-order valence-corrected chi connectivity index (χ0v) is 14.3. The molecule has 0 unspecified atom stereocenters. The van der Waals surface area contributed by atoms with Gasteiger partial charge in [0.15, 0.2) is 0 Å². The van der Waals surface area contributed by atoms with Gasteiger partial charge in [-0.1, -0.05) is 18.2 Å². The van der Waals surface area contributed by atoms with E-state index < -0.39 is 0 Å². The zero-order valence-electron chi connectivity index (χ0n) is 14.3. The number of fused-ring (bicyclic) bond motifs is 1. The summed E-state index contributed by atoms with van der Waals surface area (Å²) in [5.74, 6) is -0.00923. The van der Waals surface area contributed by atoms with Crippen LogP contribution in [0.5, 0.6) is 0 Å². The lowest BCUT2D eigenvalue weighted by atomic mass is 9.96. The van der Waals surface area contributed by atoms with E-state index in [1.807, 2.05) is 0 Å². The zero-order chi connectivity index (χ0) is 17.2. The van der Waals surface area contributed by atoms with E-state index in [1.165, 1.54) is 21.8 Å². The van der Waals surface area contributed by atoms with E-state index in [0.717, 1.165) is 37.2 Å². The third-order valence-electron chi connectivity index (χ3n) is 5.16. The van der Waals surface area contributed by atoms with E-state index in [-0.39, 0.29) is 19.1 Å². The molecule has 3 aliphatic rings. The van der Waals surface area contributed by atoms with Gasteiger partial charge in [-0.15, -0.1) is 0 Å². The molecular formula is C20H23N3O2. The number of nitrogens with zero attached hydrogens (tertiary/aromatic N) is 3. The maximum absolute atomic E-state index is 11.9. The van der Waals surface area contributed by atoms with Crippen LogP contribution in [0.25, 0.3) is 0 Å². The Hall–Kier alpha value is -2.40. The fourth-order valence-corrected chi connectivity index (χ4v) is 3.63. The minimum absolute atomic E-state index is 0.00923. The third kappa shape index (κ3) is 3.24. The predicted octanol–water partition coefficient (Wildman–Crippen LogP) is 1.86. The quantitative estimate of drug-likeness (QED) is 0.912. The first-order chi connectivity index (χ1) is 12.2. The lowest BCUT2D eigenvalue weighted by Gasteiger charge is -2.26. The fraction of sp³-hybridized carbons (Fsp3) is 0.400. The van der Waals surface area contributed by atoms with Gasteiger partial charge in [-0.05, 0) is 47.8 Å². The number of aliphatic hydroxyl groups is 1. The Labute approximate surface area is 147 Å². The normalized spacial score (nSPS) is 19.8. The Morgan fingerprint density at radius 3 is 2.60 bits per heavy atom. The monoisotopic (exact) mass is 337 g/mol. The van der Waals surface area contributed by atoms with E-state index in [2.05, 4.69) is 46.4 Å². The number of allylic oxidation sites excluding steroid dienone is 3. The van der Waals surface area contributed by atoms with Crippen molar-refractivity contribution in [2.45, 2.75) is 25.7 Å². The molecule has 130 valence electrons. The summed E-state index contributed by atoms with van der Waals surface area (Å²) in [5, 5.41) is 15.0. The van der Waals surface area contributed by atoms with Gasteiger partial charge in [-0.2, -0.15) is 5.10 Å². The van der Waals surface area contributed by atoms with Gasteiger partial charge in [-0.25, -0.2) is 5.01 Å². The highest BCUT2D eigenvalue weighted by atomic mass is 16.3. The number of amides is 1. The third-order valence-corrected chi connectivity index (χ3v) is 5.16. The second-order valence-electron chi connectivity index (χ2n) is 6.71. The highest BCUT2D eigenvalue weighted by Crippen LogP contribution is 2.24. The Morgan fingerprint density at radius 2 is 1.88 bits per heavy atom. The average Bonchev–Trinajstić information content (AvgIpc) is 2.78. The first-order valence-corrected chi connectivity index (χ1v) is 8.99. The van der Waals surface area contributed by atoms with Crippen LogP contribution in [0.1, 0.15) is 29.5 Å². The number of benzene rings is 1. The maximum atomic E-state index is 11.9. The number of hydrazone groups is 1. The summed E-state index contributed by atoms with van der Waals surface area (Å²) in [6.07, 6.45) is 9.65. The number of hydrogen-bond donors (Lipinski definition) is 1. The molecule has 1 aromatic rings. The van der Waals surface area contributed by atoms with Gasteiger partial charge in [0.2, 0.25) is 5.91 Å². The van der Waals surface area contributed by atoms with Crippen LogP contribution < -0.4 is 0 Å². The van der Waals surface area contributed by atoms with Crippen molar-refractivity contribution in [2.24, 2.45) is 5.10 Å². The molecule has 0 fully saturated rings. The second-order valence-corrected chi connectivity index (χ2v) is 6.71. The number of hydrogen-bond acceptors (Lipinski definition) is 4. The molecule has 0 saturated heterocycles. The van der Waals surface area contributed by atoms with Crippen molar-refractivity contribution in [2.75, 3.05) is 26.2 Å². The van der Waals surface area contributed by atoms with Crippen molar-refractivity contribution in [1.29, 1.82) is 0 Å². The van der Waals surface area contributed by atoms with Crippen LogP contribution in [0.15, 0.2) is 47.2 Å². The van der Waals surface area contributed by atoms with Crippen molar-refractivity contribution in [3.8, 4) is 0 Å². The van der Waals surface area contributed by atoms with Crippen LogP contribution in [0, 0.1) is 0 Å². The number of carbonyl (C=O) groups is 1. The van der Waals surface area contributed by atoms with Gasteiger partial charge in [0.05, 0.1) is 18.9 Å². The van der Waals surface area contributed by atoms with Gasteiger partial charge >= 0.3 is 0 Å². The Morgan fingerprint density at radius 1 is 1.08 bits per heavy atom. The molecule has 5 nitrogen and oxygen atoms in total. The first-order valence-electron chi connectivity index (χ1n) is 8.99. The van der Waals surface area contributed by atoms with Gasteiger partial charge in [0.1, 0.15) is 0 Å². The highest BCUT2D eigenvalue weighted by Gasteiger charge is 2.22. The molecule has 0 spiro atoms. The van der Waals surface area contributed by atoms with Crippen molar-refractivity contribution in [1.82, 2.24) is 9.91 Å². The smallest absolute Gasteiger partial charge is 0.243 e. The van der Waals surface area contributed by atoms with E-state index in [9.17, 15) is 4.79 Å². The summed E-state index contributed by atoms with van der Waals surface area (Å²) >= 11 is 0. The molecule has 25 heavy (non-hydrogen) atoms. The topological polar surface area (TPSA) is 56.1 Å². The van der Waals surface area contributed by atoms with Crippen molar-refractivity contribution in [3.05, 3.63) is 58.8 Å². The van der Waals surface area contributed by atoms with E-state index in [1.54, 1.807) is 0 Å². The molecule has 0 saturated carbocycles. The molecule has 2 aliphatic heterocycles. The van der Waals surface area contributed by atoms with Gasteiger partial charge in [-0.3, -0.25) is 4.79 Å². The Bertz CT molecular complexity index is 779. The summed E-state index contributed by atoms with van der Waals surface area (Å²) < 4.78 is 0. The summed E-state index contributed by atoms with van der Waals surface area (Å²) in [4.78, 5) is 14.3. The van der Waals surface area contributed by atoms with Crippen molar-refractivity contribution >= 4 is 11.6 Å². The molecule has 0 radical (unpaired) electrons. The number of carbonyl (C=O) groups excluding carboxylic acids is 1. The molecule has 0 bridgehead atoms. The standard InChI is InChI=1S/C20H23N3O2/c24-13-12-23-20(25)7-6-19(21-23)17-5-4-15-8-10-22(18-2-1-3-18)11-9-16(15)14-17/h1-5,14,24H,6-13H2. The van der Waals surface area contributed by atoms with E-state index in [0.29, 0.717) is 12.8 Å². The molecule has 2 heterocycles. The molecule has 0 aromatic heterocycles. The van der Waals surface area contributed by atoms with Crippen LogP contribution in [0.3, 0.4) is 0 Å². The van der Waals surface area contributed by atoms with Crippen LogP contribution >= 0.6 is 0 Å². The van der Waals surface area contributed by atoms with Gasteiger partial charge in [0.25, 0.3) is 0 Å². The lowest BCUT2D eigenvalue weighted by molar-refractivity contribution is -0.132. The fourth-order valence-electron chi connectivity index (χ4n) is 3.63. The average molecular weight is 337 g/mol. The van der Waals surface area contributed by atoms with Crippen LogP contribution in [-0.2, 0) is 17.6 Å². The Kier molecular flexibility index (Phi) is 4.40. The van der Waals surface area contributed by atoms with Gasteiger partial charge < -0.3 is 10.0 Å². The molecule has 0 atom stereocenters. The van der Waals surface area contributed by atoms with Crippen LogP contribution in [0.2, 0.25) is 0 Å².